The Morgan fingerprint density at radius 1 is 1.02 bits per heavy atom. The van der Waals surface area contributed by atoms with Crippen LogP contribution in [0.15, 0.2) is 37.1 Å². The van der Waals surface area contributed by atoms with Gasteiger partial charge in [-0.1, -0.05) is 27.7 Å². The van der Waals surface area contributed by atoms with Crippen LogP contribution in [0, 0.1) is 23.7 Å². The van der Waals surface area contributed by atoms with Crippen LogP contribution in [0.1, 0.15) is 87.5 Å². The number of methoxy groups -OCH3 is 1. The zero-order chi connectivity index (χ0) is 42.7. The number of hydrogen-bond acceptors (Lipinski definition) is 13. The number of fused-ring (bicyclic) bond motifs is 1. The summed E-state index contributed by atoms with van der Waals surface area (Å²) in [5, 5.41) is 11.4. The molecule has 3 saturated heterocycles. The number of nitrogens with zero attached hydrogens (tertiary/aromatic N) is 5. The maximum Gasteiger partial charge on any atom is 0.410 e. The van der Waals surface area contributed by atoms with E-state index in [1.807, 2.05) is 62.7 Å². The maximum absolute atomic E-state index is 14.7. The third-order valence-electron chi connectivity index (χ3n) is 12.8. The van der Waals surface area contributed by atoms with Gasteiger partial charge in [-0.15, -0.1) is 0 Å². The van der Waals surface area contributed by atoms with Crippen molar-refractivity contribution in [1.82, 2.24) is 24.3 Å². The quantitative estimate of drug-likeness (QED) is 0.184. The van der Waals surface area contributed by atoms with E-state index in [2.05, 4.69) is 9.97 Å². The number of pyridine rings is 1. The van der Waals surface area contributed by atoms with Crippen molar-refractivity contribution in [3.63, 3.8) is 0 Å². The van der Waals surface area contributed by atoms with Gasteiger partial charge in [0, 0.05) is 68.1 Å². The fraction of sp³-hybridized carbons (Fsp3) is 0.721. The highest BCUT2D eigenvalue weighted by atomic mass is 16.7. The SMILES string of the molecule is CC[C@H]1OC(=O)[C@H](C)C(=O)[C@H](C)[C@@H](O[C@@H]2O[C@H](C)C[C@H](N(C)C)[C@H]2O)[C@@](C)(OC)C[C@@H](C)C(=O)[C@H](C)[C@H]2N(CCCCn3cnc(-c4cccnc4)c3)C(=O)O[C@]12C. The molecule has 0 aliphatic carbocycles. The average Bonchev–Trinajstić information content (AvgIpc) is 3.78. The van der Waals surface area contributed by atoms with Crippen molar-refractivity contribution in [3.8, 4) is 11.3 Å². The summed E-state index contributed by atoms with van der Waals surface area (Å²) in [6.45, 7) is 14.9. The molecule has 1 N–H and O–H groups in total. The average molecular weight is 812 g/mol. The van der Waals surface area contributed by atoms with Gasteiger partial charge in [-0.3, -0.25) is 19.4 Å². The Morgan fingerprint density at radius 2 is 1.72 bits per heavy atom. The lowest BCUT2D eigenvalue weighted by atomic mass is 9.73. The number of ether oxygens (including phenoxy) is 5. The molecule has 0 saturated carbocycles. The number of carbonyl (C=O) groups excluding carboxylic acids is 4. The molecule has 5 heterocycles. The zero-order valence-electron chi connectivity index (χ0n) is 36.1. The lowest BCUT2D eigenvalue weighted by molar-refractivity contribution is -0.295. The van der Waals surface area contributed by atoms with Crippen molar-refractivity contribution in [3.05, 3.63) is 37.1 Å². The van der Waals surface area contributed by atoms with Gasteiger partial charge >= 0.3 is 12.1 Å². The van der Waals surface area contributed by atoms with Crippen LogP contribution in [0.4, 0.5) is 4.79 Å². The summed E-state index contributed by atoms with van der Waals surface area (Å²) in [6.07, 6.45) is 4.45. The lowest BCUT2D eigenvalue weighted by Gasteiger charge is -2.47. The number of carbonyl (C=O) groups is 4. The van der Waals surface area contributed by atoms with E-state index in [1.165, 1.54) is 14.0 Å². The molecule has 15 heteroatoms. The van der Waals surface area contributed by atoms with E-state index < -0.39 is 83.4 Å². The summed E-state index contributed by atoms with van der Waals surface area (Å²) >= 11 is 0. The van der Waals surface area contributed by atoms with Crippen LogP contribution >= 0.6 is 0 Å². The van der Waals surface area contributed by atoms with E-state index in [-0.39, 0.29) is 30.8 Å². The molecule has 1 amide bonds. The highest BCUT2D eigenvalue weighted by Crippen LogP contribution is 2.43. The van der Waals surface area contributed by atoms with Gasteiger partial charge in [0.1, 0.15) is 23.9 Å². The minimum Gasteiger partial charge on any atom is -0.458 e. The lowest BCUT2D eigenvalue weighted by Crippen LogP contribution is -2.60. The number of Topliss-reactive ketones (excluding diaryl/α,β-unsaturated/α-hetero) is 2. The van der Waals surface area contributed by atoms with Crippen molar-refractivity contribution >= 4 is 23.6 Å². The number of esters is 1. The van der Waals surface area contributed by atoms with Crippen LogP contribution < -0.4 is 0 Å². The van der Waals surface area contributed by atoms with Crippen LogP contribution in [0.5, 0.6) is 0 Å². The Balaban J connectivity index is 1.43. The molecule has 13 atom stereocenters. The summed E-state index contributed by atoms with van der Waals surface area (Å²) in [5.41, 5.74) is -0.938. The molecular formula is C43H65N5O10. The van der Waals surface area contributed by atoms with E-state index in [1.54, 1.807) is 51.3 Å². The molecule has 0 aromatic carbocycles. The van der Waals surface area contributed by atoms with Crippen LogP contribution in [0.25, 0.3) is 11.3 Å². The molecule has 2 aromatic rings. The molecule has 0 spiro atoms. The number of imidazole rings is 1. The molecule has 0 unspecified atom stereocenters. The monoisotopic (exact) mass is 811 g/mol. The molecule has 3 aliphatic rings. The number of unbranched alkanes of at least 4 members (excludes halogenated alkanes) is 1. The summed E-state index contributed by atoms with van der Waals surface area (Å²) < 4.78 is 33.2. The number of ketones is 2. The Kier molecular flexibility index (Phi) is 14.6. The number of amides is 1. The highest BCUT2D eigenvalue weighted by Gasteiger charge is 2.60. The Hall–Kier alpha value is -3.76. The van der Waals surface area contributed by atoms with E-state index in [0.717, 1.165) is 11.3 Å². The van der Waals surface area contributed by atoms with Crippen LogP contribution in [-0.2, 0) is 44.6 Å². The maximum atomic E-state index is 14.7. The highest BCUT2D eigenvalue weighted by molar-refractivity contribution is 6.00. The molecular weight excluding hydrogens is 746 g/mol. The first-order valence-corrected chi connectivity index (χ1v) is 20.8. The molecule has 58 heavy (non-hydrogen) atoms. The van der Waals surface area contributed by atoms with E-state index >= 15 is 0 Å². The summed E-state index contributed by atoms with van der Waals surface area (Å²) in [7, 11) is 5.24. The number of aliphatic hydroxyl groups excluding tert-OH is 1. The predicted molar refractivity (Wildman–Crippen MR) is 214 cm³/mol. The van der Waals surface area contributed by atoms with Crippen molar-refractivity contribution in [2.45, 2.75) is 148 Å². The summed E-state index contributed by atoms with van der Waals surface area (Å²) in [6, 6.07) is 2.74. The van der Waals surface area contributed by atoms with Crippen LogP contribution in [0.2, 0.25) is 0 Å². The van der Waals surface area contributed by atoms with Gasteiger partial charge in [-0.2, -0.15) is 0 Å². The van der Waals surface area contributed by atoms with Gasteiger partial charge in [0.2, 0.25) is 0 Å². The normalized spacial score (nSPS) is 36.7. The first kappa shape index (κ1) is 45.3. The summed E-state index contributed by atoms with van der Waals surface area (Å²) in [4.78, 5) is 69.0. The Morgan fingerprint density at radius 3 is 2.36 bits per heavy atom. The summed E-state index contributed by atoms with van der Waals surface area (Å²) in [5.74, 6) is -4.95. The van der Waals surface area contributed by atoms with Crippen molar-refractivity contribution in [1.29, 1.82) is 0 Å². The first-order valence-electron chi connectivity index (χ1n) is 20.8. The third kappa shape index (κ3) is 9.33. The van der Waals surface area contributed by atoms with Crippen molar-refractivity contribution in [2.24, 2.45) is 23.7 Å². The number of cyclic esters (lactones) is 1. The van der Waals surface area contributed by atoms with Gasteiger partial charge in [0.05, 0.1) is 35.9 Å². The standard InChI is InChI=1S/C43H65N5O10/c1-12-33-43(8)37(48(41(53)58-43)19-14-13-18-47-23-31(45-24-47)30-16-15-17-44-22-30)27(4)34(49)25(2)21-42(7,54-11)38(28(5)35(50)29(6)39(52)56-33)57-40-36(51)32(46(9)10)20-26(3)55-40/h15-17,22-29,32-33,36-38,40,51H,12-14,18-21H2,1-11H3/t25-,26-,27+,28+,29-,32+,33-,36-,37-,38-,40+,42+,43-/m1/s1. The number of rotatable bonds is 11. The van der Waals surface area contributed by atoms with E-state index in [4.69, 9.17) is 23.7 Å². The third-order valence-corrected chi connectivity index (χ3v) is 12.8. The minimum absolute atomic E-state index is 0.130. The Bertz CT molecular complexity index is 1740. The number of aliphatic hydroxyl groups is 1. The first-order chi connectivity index (χ1) is 27.4. The molecule has 5 rings (SSSR count). The molecule has 15 nitrogen and oxygen atoms in total. The van der Waals surface area contributed by atoms with Gasteiger partial charge < -0.3 is 43.2 Å². The van der Waals surface area contributed by atoms with Gasteiger partial charge in [-0.25, -0.2) is 9.78 Å². The molecule has 3 aliphatic heterocycles. The van der Waals surface area contributed by atoms with Crippen LogP contribution in [-0.4, -0.2) is 135 Å². The minimum atomic E-state index is -1.40. The second-order valence-electron chi connectivity index (χ2n) is 17.3. The largest absolute Gasteiger partial charge is 0.458 e. The number of hydrogen-bond donors (Lipinski definition) is 1. The van der Waals surface area contributed by atoms with E-state index in [9.17, 15) is 24.3 Å². The molecule has 0 bridgehead atoms. The van der Waals surface area contributed by atoms with Gasteiger partial charge in [-0.05, 0) is 86.0 Å². The molecule has 0 radical (unpaired) electrons. The second-order valence-corrected chi connectivity index (χ2v) is 17.3. The van der Waals surface area contributed by atoms with Gasteiger partial charge in [0.25, 0.3) is 0 Å². The molecule has 322 valence electrons. The predicted octanol–water partition coefficient (Wildman–Crippen LogP) is 4.93. The van der Waals surface area contributed by atoms with Gasteiger partial charge in [0.15, 0.2) is 17.7 Å². The second kappa shape index (κ2) is 18.7. The smallest absolute Gasteiger partial charge is 0.410 e. The number of aryl methyl sites for hydroxylation is 1. The van der Waals surface area contributed by atoms with Crippen molar-refractivity contribution < 1.29 is 48.0 Å². The Labute approximate surface area is 343 Å². The molecule has 3 fully saturated rings. The number of likely N-dealkylation sites (N-methyl/N-ethyl adjacent to an activating group) is 1. The molecule has 2 aromatic heterocycles. The zero-order valence-corrected chi connectivity index (χ0v) is 36.1. The van der Waals surface area contributed by atoms with Crippen molar-refractivity contribution in [2.75, 3.05) is 27.7 Å². The number of aromatic nitrogens is 3. The topological polar surface area (TPSA) is 172 Å². The fourth-order valence-corrected chi connectivity index (χ4v) is 9.43. The van der Waals surface area contributed by atoms with Crippen LogP contribution in [0.3, 0.4) is 0 Å². The fourth-order valence-electron chi connectivity index (χ4n) is 9.43. The van der Waals surface area contributed by atoms with E-state index in [0.29, 0.717) is 32.4 Å².